The van der Waals surface area contributed by atoms with Gasteiger partial charge >= 0.3 is 6.18 Å². The Hall–Kier alpha value is -0.800. The summed E-state index contributed by atoms with van der Waals surface area (Å²) in [5, 5.41) is 0. The Balaban J connectivity index is 2.24. The van der Waals surface area contributed by atoms with Gasteiger partial charge in [0.25, 0.3) is 0 Å². The van der Waals surface area contributed by atoms with E-state index in [1.54, 1.807) is 6.08 Å². The van der Waals surface area contributed by atoms with Crippen molar-refractivity contribution in [3.05, 3.63) is 12.2 Å². The standard InChI is InChI=1S/C13H19F3O/c1-10(17)2-3-11-4-6-12(7-5-11)8-9-13(14,15)16/h2-3,11-12H,4-9H2,1H3/b3-2+. The number of carbonyl (C=O) groups excluding carboxylic acids is 1. The van der Waals surface area contributed by atoms with E-state index in [0.717, 1.165) is 25.7 Å². The monoisotopic (exact) mass is 248 g/mol. The highest BCUT2D eigenvalue weighted by Gasteiger charge is 2.29. The van der Waals surface area contributed by atoms with E-state index in [1.807, 2.05) is 6.08 Å². The fraction of sp³-hybridized carbons (Fsp3) is 0.769. The molecular weight excluding hydrogens is 229 g/mol. The second-order valence-electron chi connectivity index (χ2n) is 4.90. The molecule has 0 spiro atoms. The summed E-state index contributed by atoms with van der Waals surface area (Å²) >= 11 is 0. The lowest BCUT2D eigenvalue weighted by Crippen LogP contribution is -2.16. The van der Waals surface area contributed by atoms with Crippen molar-refractivity contribution in [1.82, 2.24) is 0 Å². The lowest BCUT2D eigenvalue weighted by atomic mass is 9.80. The molecule has 1 aliphatic rings. The van der Waals surface area contributed by atoms with Crippen LogP contribution >= 0.6 is 0 Å². The van der Waals surface area contributed by atoms with Crippen molar-refractivity contribution < 1.29 is 18.0 Å². The molecule has 0 bridgehead atoms. The highest BCUT2D eigenvalue weighted by Crippen LogP contribution is 2.34. The maximum atomic E-state index is 12.0. The minimum Gasteiger partial charge on any atom is -0.295 e. The van der Waals surface area contributed by atoms with Crippen LogP contribution in [0.5, 0.6) is 0 Å². The van der Waals surface area contributed by atoms with Gasteiger partial charge in [-0.25, -0.2) is 0 Å². The third kappa shape index (κ3) is 6.49. The Bertz CT molecular complexity index is 273. The van der Waals surface area contributed by atoms with Crippen LogP contribution in [0, 0.1) is 11.8 Å². The molecule has 0 saturated heterocycles. The van der Waals surface area contributed by atoms with Gasteiger partial charge in [-0.1, -0.05) is 6.08 Å². The average Bonchev–Trinajstić information content (AvgIpc) is 2.24. The normalized spacial score (nSPS) is 26.4. The van der Waals surface area contributed by atoms with Gasteiger partial charge in [-0.05, 0) is 56.9 Å². The summed E-state index contributed by atoms with van der Waals surface area (Å²) in [5.74, 6) is 0.615. The molecule has 0 aromatic rings. The van der Waals surface area contributed by atoms with Crippen LogP contribution in [0.4, 0.5) is 13.2 Å². The molecule has 0 radical (unpaired) electrons. The number of hydrogen-bond acceptors (Lipinski definition) is 1. The third-order valence-electron chi connectivity index (χ3n) is 3.33. The van der Waals surface area contributed by atoms with E-state index in [1.165, 1.54) is 6.92 Å². The molecule has 4 heteroatoms. The van der Waals surface area contributed by atoms with Gasteiger partial charge in [0.2, 0.25) is 0 Å². The Kier molecular flexibility index (Phi) is 5.22. The first-order valence-electron chi connectivity index (χ1n) is 6.12. The van der Waals surface area contributed by atoms with Crippen LogP contribution in [0.15, 0.2) is 12.2 Å². The van der Waals surface area contributed by atoms with Crippen molar-refractivity contribution in [3.8, 4) is 0 Å². The molecule has 1 saturated carbocycles. The van der Waals surface area contributed by atoms with E-state index >= 15 is 0 Å². The number of alkyl halides is 3. The molecule has 0 aromatic carbocycles. The predicted octanol–water partition coefficient (Wildman–Crippen LogP) is 4.28. The first-order chi connectivity index (χ1) is 7.87. The van der Waals surface area contributed by atoms with Gasteiger partial charge < -0.3 is 0 Å². The van der Waals surface area contributed by atoms with Gasteiger partial charge in [0, 0.05) is 6.42 Å². The van der Waals surface area contributed by atoms with E-state index < -0.39 is 12.6 Å². The van der Waals surface area contributed by atoms with E-state index in [9.17, 15) is 18.0 Å². The van der Waals surface area contributed by atoms with Crippen molar-refractivity contribution in [2.45, 2.75) is 51.6 Å². The van der Waals surface area contributed by atoms with Crippen LogP contribution in [0.1, 0.15) is 45.4 Å². The van der Waals surface area contributed by atoms with Crippen LogP contribution in [-0.4, -0.2) is 12.0 Å². The molecule has 1 nitrogen and oxygen atoms in total. The molecule has 0 amide bonds. The Morgan fingerprint density at radius 2 is 1.82 bits per heavy atom. The van der Waals surface area contributed by atoms with Crippen LogP contribution in [-0.2, 0) is 4.79 Å². The lowest BCUT2D eigenvalue weighted by Gasteiger charge is -2.26. The highest BCUT2D eigenvalue weighted by atomic mass is 19.4. The lowest BCUT2D eigenvalue weighted by molar-refractivity contribution is -0.138. The quantitative estimate of drug-likeness (QED) is 0.679. The average molecular weight is 248 g/mol. The first-order valence-corrected chi connectivity index (χ1v) is 6.12. The van der Waals surface area contributed by atoms with Crippen LogP contribution in [0.2, 0.25) is 0 Å². The summed E-state index contributed by atoms with van der Waals surface area (Å²) < 4.78 is 36.1. The zero-order chi connectivity index (χ0) is 12.9. The first kappa shape index (κ1) is 14.3. The van der Waals surface area contributed by atoms with Gasteiger partial charge in [-0.3, -0.25) is 4.79 Å². The number of allylic oxidation sites excluding steroid dienone is 2. The van der Waals surface area contributed by atoms with Crippen LogP contribution in [0.3, 0.4) is 0 Å². The summed E-state index contributed by atoms with van der Waals surface area (Å²) in [6, 6.07) is 0. The Morgan fingerprint density at radius 3 is 2.29 bits per heavy atom. The number of rotatable bonds is 4. The number of carbonyl (C=O) groups is 1. The van der Waals surface area contributed by atoms with E-state index in [2.05, 4.69) is 0 Å². The summed E-state index contributed by atoms with van der Waals surface area (Å²) in [4.78, 5) is 10.8. The molecule has 17 heavy (non-hydrogen) atoms. The fourth-order valence-corrected chi connectivity index (χ4v) is 2.31. The second kappa shape index (κ2) is 6.22. The minimum absolute atomic E-state index is 0.0317. The maximum absolute atomic E-state index is 12.0. The van der Waals surface area contributed by atoms with Crippen LogP contribution < -0.4 is 0 Å². The predicted molar refractivity (Wildman–Crippen MR) is 60.6 cm³/mol. The largest absolute Gasteiger partial charge is 0.389 e. The smallest absolute Gasteiger partial charge is 0.295 e. The second-order valence-corrected chi connectivity index (χ2v) is 4.90. The van der Waals surface area contributed by atoms with Gasteiger partial charge in [0.15, 0.2) is 5.78 Å². The fourth-order valence-electron chi connectivity index (χ4n) is 2.31. The molecule has 0 unspecified atom stereocenters. The van der Waals surface area contributed by atoms with E-state index in [0.29, 0.717) is 5.92 Å². The van der Waals surface area contributed by atoms with Crippen LogP contribution in [0.25, 0.3) is 0 Å². The topological polar surface area (TPSA) is 17.1 Å². The SMILES string of the molecule is CC(=O)/C=C/C1CCC(CCC(F)(F)F)CC1. The molecule has 1 aliphatic carbocycles. The summed E-state index contributed by atoms with van der Waals surface area (Å²) in [6.45, 7) is 1.51. The summed E-state index contributed by atoms with van der Waals surface area (Å²) in [6.07, 6.45) is 2.57. The van der Waals surface area contributed by atoms with Gasteiger partial charge in [0.05, 0.1) is 0 Å². The van der Waals surface area contributed by atoms with Crippen molar-refractivity contribution in [2.75, 3.05) is 0 Å². The molecule has 0 N–H and O–H groups in total. The van der Waals surface area contributed by atoms with Gasteiger partial charge in [-0.2, -0.15) is 13.2 Å². The number of ketones is 1. The molecular formula is C13H19F3O. The maximum Gasteiger partial charge on any atom is 0.389 e. The van der Waals surface area contributed by atoms with E-state index in [-0.39, 0.29) is 18.1 Å². The molecule has 0 aliphatic heterocycles. The molecule has 0 atom stereocenters. The van der Waals surface area contributed by atoms with Crippen molar-refractivity contribution in [2.24, 2.45) is 11.8 Å². The Morgan fingerprint density at radius 1 is 1.24 bits per heavy atom. The molecule has 98 valence electrons. The van der Waals surface area contributed by atoms with Crippen molar-refractivity contribution >= 4 is 5.78 Å². The third-order valence-corrected chi connectivity index (χ3v) is 3.33. The molecule has 0 heterocycles. The number of hydrogen-bond donors (Lipinski definition) is 0. The summed E-state index contributed by atoms with van der Waals surface area (Å²) in [5.41, 5.74) is 0. The zero-order valence-corrected chi connectivity index (χ0v) is 10.1. The molecule has 0 aromatic heterocycles. The molecule has 1 fully saturated rings. The highest BCUT2D eigenvalue weighted by molar-refractivity contribution is 5.87. The Labute approximate surface area is 100 Å². The zero-order valence-electron chi connectivity index (χ0n) is 10.1. The van der Waals surface area contributed by atoms with Crippen molar-refractivity contribution in [1.29, 1.82) is 0 Å². The summed E-state index contributed by atoms with van der Waals surface area (Å²) in [7, 11) is 0. The number of halogens is 3. The minimum atomic E-state index is -4.02. The van der Waals surface area contributed by atoms with Gasteiger partial charge in [-0.15, -0.1) is 0 Å². The van der Waals surface area contributed by atoms with Crippen molar-refractivity contribution in [3.63, 3.8) is 0 Å². The van der Waals surface area contributed by atoms with E-state index in [4.69, 9.17) is 0 Å². The van der Waals surface area contributed by atoms with Gasteiger partial charge in [0.1, 0.15) is 0 Å². The molecule has 1 rings (SSSR count).